The number of ether oxygens (including phenoxy) is 10. The van der Waals surface area contributed by atoms with Crippen LogP contribution < -0.4 is 9.64 Å². The van der Waals surface area contributed by atoms with Crippen LogP contribution in [0.15, 0.2) is 46.9 Å². The lowest BCUT2D eigenvalue weighted by Gasteiger charge is -2.11. The molecule has 0 amide bonds. The number of benzene rings is 2. The number of oxazole rings is 1. The van der Waals surface area contributed by atoms with Gasteiger partial charge in [-0.2, -0.15) is 13.2 Å². The van der Waals surface area contributed by atoms with Gasteiger partial charge >= 0.3 is 6.18 Å². The third-order valence-corrected chi connectivity index (χ3v) is 6.94. The first-order valence-electron chi connectivity index (χ1n) is 17.6. The zero-order valence-corrected chi connectivity index (χ0v) is 30.7. The molecule has 0 fully saturated rings. The standard InChI is InChI=1S/C37H53F3N2O11/c1-42(2)32-6-3-31(4-7-32)5-10-36-41-34-9-8-33(29-35(34)53-36)52-28-27-50-24-23-48-20-19-46-16-15-44-12-11-43-13-14-45-17-18-47-21-22-49-25-26-51-30-37(38,39)40/h3-10,29H,11-28,30H2,1-2H3/b10-5+. The predicted octanol–water partition coefficient (Wildman–Crippen LogP) is 5.15. The van der Waals surface area contributed by atoms with Crippen LogP contribution in [0.25, 0.3) is 23.3 Å². The number of alkyl halides is 3. The molecule has 0 saturated heterocycles. The molecule has 0 aliphatic rings. The van der Waals surface area contributed by atoms with E-state index in [4.69, 9.17) is 47.0 Å². The first-order valence-corrected chi connectivity index (χ1v) is 17.6. The fourth-order valence-corrected chi connectivity index (χ4v) is 4.30. The van der Waals surface area contributed by atoms with E-state index in [1.807, 2.05) is 44.4 Å². The summed E-state index contributed by atoms with van der Waals surface area (Å²) in [6.07, 6.45) is -0.499. The predicted molar refractivity (Wildman–Crippen MR) is 193 cm³/mol. The second kappa shape index (κ2) is 27.3. The van der Waals surface area contributed by atoms with Crippen LogP contribution in [-0.4, -0.2) is 151 Å². The van der Waals surface area contributed by atoms with Gasteiger partial charge in [0.2, 0.25) is 5.89 Å². The van der Waals surface area contributed by atoms with E-state index in [1.54, 1.807) is 0 Å². The maximum atomic E-state index is 11.9. The Kier molecular flexibility index (Phi) is 22.7. The van der Waals surface area contributed by atoms with Crippen molar-refractivity contribution < 1.29 is 65.0 Å². The molecule has 0 N–H and O–H groups in total. The highest BCUT2D eigenvalue weighted by atomic mass is 19.4. The molecule has 53 heavy (non-hydrogen) atoms. The molecule has 3 aromatic rings. The smallest absolute Gasteiger partial charge is 0.411 e. The van der Waals surface area contributed by atoms with Crippen molar-refractivity contribution in [1.82, 2.24) is 4.98 Å². The summed E-state index contributed by atoms with van der Waals surface area (Å²) in [5.74, 6) is 1.21. The Labute approximate surface area is 309 Å². The normalized spacial score (nSPS) is 12.0. The largest absolute Gasteiger partial charge is 0.491 e. The minimum absolute atomic E-state index is 0.0792. The zero-order valence-electron chi connectivity index (χ0n) is 30.7. The van der Waals surface area contributed by atoms with Crippen molar-refractivity contribution in [2.45, 2.75) is 6.18 Å². The van der Waals surface area contributed by atoms with Gasteiger partial charge < -0.3 is 56.7 Å². The molecule has 298 valence electrons. The molecule has 0 aliphatic carbocycles. The van der Waals surface area contributed by atoms with Crippen LogP contribution in [0.1, 0.15) is 11.5 Å². The van der Waals surface area contributed by atoms with Gasteiger partial charge in [0.1, 0.15) is 24.5 Å². The van der Waals surface area contributed by atoms with Crippen molar-refractivity contribution in [3.8, 4) is 5.75 Å². The summed E-state index contributed by atoms with van der Waals surface area (Å²) in [6, 6.07) is 13.8. The fraction of sp³-hybridized carbons (Fsp3) is 0.595. The molecule has 16 heteroatoms. The van der Waals surface area contributed by atoms with Gasteiger partial charge in [-0.15, -0.1) is 0 Å². The highest BCUT2D eigenvalue weighted by molar-refractivity contribution is 5.77. The minimum atomic E-state index is -4.32. The molecule has 2 aromatic carbocycles. The van der Waals surface area contributed by atoms with Crippen molar-refractivity contribution in [2.75, 3.05) is 145 Å². The van der Waals surface area contributed by atoms with E-state index in [9.17, 15) is 13.2 Å². The van der Waals surface area contributed by atoms with Crippen LogP contribution in [0.2, 0.25) is 0 Å². The van der Waals surface area contributed by atoms with Gasteiger partial charge in [0.05, 0.1) is 112 Å². The van der Waals surface area contributed by atoms with Gasteiger partial charge in [-0.1, -0.05) is 12.1 Å². The van der Waals surface area contributed by atoms with Crippen LogP contribution in [0.4, 0.5) is 18.9 Å². The number of rotatable bonds is 32. The molecule has 0 radical (unpaired) electrons. The maximum Gasteiger partial charge on any atom is 0.411 e. The lowest BCUT2D eigenvalue weighted by molar-refractivity contribution is -0.176. The molecule has 3 rings (SSSR count). The van der Waals surface area contributed by atoms with E-state index in [1.165, 1.54) is 0 Å². The van der Waals surface area contributed by atoms with E-state index in [0.29, 0.717) is 116 Å². The first-order chi connectivity index (χ1) is 25.8. The topological polar surface area (TPSA) is 122 Å². The van der Waals surface area contributed by atoms with Crippen molar-refractivity contribution in [3.05, 3.63) is 53.9 Å². The second-order valence-corrected chi connectivity index (χ2v) is 11.4. The van der Waals surface area contributed by atoms with E-state index >= 15 is 0 Å². The molecule has 13 nitrogen and oxygen atoms in total. The molecule has 0 spiro atoms. The summed E-state index contributed by atoms with van der Waals surface area (Å²) in [6.45, 7) is 5.38. The van der Waals surface area contributed by atoms with Crippen LogP contribution in [0.3, 0.4) is 0 Å². The molecule has 1 aromatic heterocycles. The molecule has 1 heterocycles. The summed E-state index contributed by atoms with van der Waals surface area (Å²) < 4.78 is 95.1. The molecule has 0 unspecified atom stereocenters. The lowest BCUT2D eigenvalue weighted by Crippen LogP contribution is -2.19. The monoisotopic (exact) mass is 758 g/mol. The molecule has 0 aliphatic heterocycles. The summed E-state index contributed by atoms with van der Waals surface area (Å²) >= 11 is 0. The number of fused-ring (bicyclic) bond motifs is 1. The molecular weight excluding hydrogens is 705 g/mol. The Bertz CT molecular complexity index is 1370. The fourth-order valence-electron chi connectivity index (χ4n) is 4.30. The van der Waals surface area contributed by atoms with E-state index in [0.717, 1.165) is 16.8 Å². The van der Waals surface area contributed by atoms with Crippen molar-refractivity contribution in [3.63, 3.8) is 0 Å². The van der Waals surface area contributed by atoms with Crippen LogP contribution in [-0.2, 0) is 42.6 Å². The maximum absolute atomic E-state index is 11.9. The third-order valence-electron chi connectivity index (χ3n) is 6.94. The van der Waals surface area contributed by atoms with Crippen LogP contribution in [0.5, 0.6) is 5.75 Å². The molecule has 0 bridgehead atoms. The molecule has 0 saturated carbocycles. The van der Waals surface area contributed by atoms with Gasteiger partial charge in [0.25, 0.3) is 0 Å². The van der Waals surface area contributed by atoms with Gasteiger partial charge in [-0.05, 0) is 35.9 Å². The average Bonchev–Trinajstić information content (AvgIpc) is 3.55. The third kappa shape index (κ3) is 21.8. The first kappa shape index (κ1) is 44.1. The van der Waals surface area contributed by atoms with E-state index in [-0.39, 0.29) is 19.8 Å². The number of nitrogens with zero attached hydrogens (tertiary/aromatic N) is 2. The number of aromatic nitrogens is 1. The Hall–Kier alpha value is -3.32. The zero-order chi connectivity index (χ0) is 37.8. The van der Waals surface area contributed by atoms with Gasteiger partial charge in [0.15, 0.2) is 5.58 Å². The molecule has 0 atom stereocenters. The van der Waals surface area contributed by atoms with E-state index in [2.05, 4.69) is 38.9 Å². The van der Waals surface area contributed by atoms with Crippen LogP contribution in [0, 0.1) is 0 Å². The number of anilines is 1. The Balaban J connectivity index is 1.02. The Morgan fingerprint density at radius 2 is 1.00 bits per heavy atom. The summed E-state index contributed by atoms with van der Waals surface area (Å²) in [7, 11) is 4.02. The second-order valence-electron chi connectivity index (χ2n) is 11.4. The minimum Gasteiger partial charge on any atom is -0.491 e. The number of hydrogen-bond acceptors (Lipinski definition) is 13. The Morgan fingerprint density at radius 3 is 1.43 bits per heavy atom. The van der Waals surface area contributed by atoms with Gasteiger partial charge in [-0.25, -0.2) is 4.98 Å². The van der Waals surface area contributed by atoms with Crippen molar-refractivity contribution in [2.24, 2.45) is 0 Å². The SMILES string of the molecule is CN(C)c1ccc(/C=C/c2nc3ccc(OCCOCCOCCOCCOCCOCCOCCOCCOCCOCC(F)(F)F)cc3o2)cc1. The summed E-state index contributed by atoms with van der Waals surface area (Å²) in [4.78, 5) is 6.58. The highest BCUT2D eigenvalue weighted by Gasteiger charge is 2.27. The summed E-state index contributed by atoms with van der Waals surface area (Å²) in [5.41, 5.74) is 3.62. The highest BCUT2D eigenvalue weighted by Crippen LogP contribution is 2.23. The van der Waals surface area contributed by atoms with Gasteiger partial charge in [0, 0.05) is 31.9 Å². The van der Waals surface area contributed by atoms with Crippen LogP contribution >= 0.6 is 0 Å². The summed E-state index contributed by atoms with van der Waals surface area (Å²) in [5, 5.41) is 0. The number of hydrogen-bond donors (Lipinski definition) is 0. The molecular formula is C37H53F3N2O11. The average molecular weight is 759 g/mol. The van der Waals surface area contributed by atoms with Crippen molar-refractivity contribution >= 4 is 28.9 Å². The quantitative estimate of drug-likeness (QED) is 0.0781. The number of halogens is 3. The van der Waals surface area contributed by atoms with Gasteiger partial charge in [-0.3, -0.25) is 0 Å². The Morgan fingerprint density at radius 1 is 0.566 bits per heavy atom. The van der Waals surface area contributed by atoms with E-state index < -0.39 is 12.8 Å². The lowest BCUT2D eigenvalue weighted by atomic mass is 10.2. The van der Waals surface area contributed by atoms with Crippen molar-refractivity contribution in [1.29, 1.82) is 0 Å².